The number of carbonyl (C=O) groups excluding carboxylic acids is 1. The average Bonchev–Trinajstić information content (AvgIpc) is 2.41. The molecule has 2 rings (SSSR count). The molecular formula is C13H10ClFN2O2. The summed E-state index contributed by atoms with van der Waals surface area (Å²) in [4.78, 5) is 11.6. The van der Waals surface area contributed by atoms with Gasteiger partial charge in [-0.2, -0.15) is 0 Å². The van der Waals surface area contributed by atoms with Crippen LogP contribution in [0.15, 0.2) is 42.5 Å². The molecule has 0 saturated carbocycles. The molecule has 0 heterocycles. The Morgan fingerprint density at radius 1 is 1.21 bits per heavy atom. The zero-order chi connectivity index (χ0) is 13.8. The molecule has 98 valence electrons. The number of para-hydroxylation sites is 1. The van der Waals surface area contributed by atoms with E-state index in [-0.39, 0.29) is 17.1 Å². The summed E-state index contributed by atoms with van der Waals surface area (Å²) in [5.41, 5.74) is 2.15. The standard InChI is InChI=1S/C13H10ClFN2O2/c14-8-5-6-9(13(18)17-16)12(7-8)19-11-4-2-1-3-10(11)15/h1-7H,16H2,(H,17,18). The summed E-state index contributed by atoms with van der Waals surface area (Å²) in [7, 11) is 0. The topological polar surface area (TPSA) is 64.3 Å². The van der Waals surface area contributed by atoms with Gasteiger partial charge in [0.1, 0.15) is 5.75 Å². The molecule has 0 radical (unpaired) electrons. The van der Waals surface area contributed by atoms with Gasteiger partial charge in [-0.1, -0.05) is 23.7 Å². The maximum Gasteiger partial charge on any atom is 0.268 e. The second kappa shape index (κ2) is 5.69. The maximum absolute atomic E-state index is 13.5. The minimum Gasteiger partial charge on any atom is -0.453 e. The number of hydrogen-bond acceptors (Lipinski definition) is 3. The van der Waals surface area contributed by atoms with Crippen LogP contribution in [0.1, 0.15) is 10.4 Å². The van der Waals surface area contributed by atoms with Crippen molar-refractivity contribution in [2.24, 2.45) is 5.84 Å². The molecule has 0 fully saturated rings. The molecule has 0 aliphatic carbocycles. The van der Waals surface area contributed by atoms with E-state index < -0.39 is 11.7 Å². The van der Waals surface area contributed by atoms with Gasteiger partial charge in [0, 0.05) is 11.1 Å². The second-order valence-corrected chi connectivity index (χ2v) is 4.08. The van der Waals surface area contributed by atoms with Crippen molar-refractivity contribution in [3.8, 4) is 11.5 Å². The first kappa shape index (κ1) is 13.3. The largest absolute Gasteiger partial charge is 0.453 e. The van der Waals surface area contributed by atoms with Crippen molar-refractivity contribution >= 4 is 17.5 Å². The number of amides is 1. The summed E-state index contributed by atoms with van der Waals surface area (Å²) in [6.07, 6.45) is 0. The predicted octanol–water partition coefficient (Wildman–Crippen LogP) is 2.87. The molecule has 6 heteroatoms. The lowest BCUT2D eigenvalue weighted by Gasteiger charge is -2.11. The molecule has 0 spiro atoms. The Bertz CT molecular complexity index is 619. The number of benzene rings is 2. The van der Waals surface area contributed by atoms with E-state index in [4.69, 9.17) is 22.2 Å². The van der Waals surface area contributed by atoms with Gasteiger partial charge >= 0.3 is 0 Å². The number of nitrogen functional groups attached to an aromatic ring is 1. The summed E-state index contributed by atoms with van der Waals surface area (Å²) in [5.74, 6) is 4.10. The molecular weight excluding hydrogens is 271 g/mol. The SMILES string of the molecule is NNC(=O)c1ccc(Cl)cc1Oc1ccccc1F. The Morgan fingerprint density at radius 3 is 2.63 bits per heavy atom. The maximum atomic E-state index is 13.5. The van der Waals surface area contributed by atoms with Gasteiger partial charge in [-0.05, 0) is 24.3 Å². The van der Waals surface area contributed by atoms with E-state index in [1.165, 1.54) is 36.4 Å². The van der Waals surface area contributed by atoms with E-state index >= 15 is 0 Å². The van der Waals surface area contributed by atoms with Gasteiger partial charge in [0.05, 0.1) is 5.56 Å². The second-order valence-electron chi connectivity index (χ2n) is 3.65. The van der Waals surface area contributed by atoms with Crippen molar-refractivity contribution in [1.29, 1.82) is 0 Å². The summed E-state index contributed by atoms with van der Waals surface area (Å²) in [6.45, 7) is 0. The molecule has 0 atom stereocenters. The number of hydrazine groups is 1. The smallest absolute Gasteiger partial charge is 0.268 e. The van der Waals surface area contributed by atoms with Crippen molar-refractivity contribution in [2.45, 2.75) is 0 Å². The predicted molar refractivity (Wildman–Crippen MR) is 69.6 cm³/mol. The van der Waals surface area contributed by atoms with E-state index in [0.717, 1.165) is 0 Å². The highest BCUT2D eigenvalue weighted by Crippen LogP contribution is 2.29. The highest BCUT2D eigenvalue weighted by molar-refractivity contribution is 6.30. The van der Waals surface area contributed by atoms with Crippen molar-refractivity contribution in [1.82, 2.24) is 5.43 Å². The van der Waals surface area contributed by atoms with Gasteiger partial charge in [0.25, 0.3) is 5.91 Å². The number of rotatable bonds is 3. The Hall–Kier alpha value is -2.11. The Labute approximate surface area is 113 Å². The van der Waals surface area contributed by atoms with Gasteiger partial charge in [-0.3, -0.25) is 10.2 Å². The number of nitrogens with one attached hydrogen (secondary N) is 1. The minimum absolute atomic E-state index is 0.00385. The number of carbonyl (C=O) groups is 1. The van der Waals surface area contributed by atoms with Crippen LogP contribution < -0.4 is 16.0 Å². The Morgan fingerprint density at radius 2 is 1.95 bits per heavy atom. The average molecular weight is 281 g/mol. The molecule has 0 bridgehead atoms. The quantitative estimate of drug-likeness (QED) is 0.516. The van der Waals surface area contributed by atoms with Crippen molar-refractivity contribution < 1.29 is 13.9 Å². The van der Waals surface area contributed by atoms with Gasteiger partial charge < -0.3 is 4.74 Å². The highest BCUT2D eigenvalue weighted by Gasteiger charge is 2.14. The van der Waals surface area contributed by atoms with E-state index in [1.54, 1.807) is 6.07 Å². The molecule has 0 unspecified atom stereocenters. The lowest BCUT2D eigenvalue weighted by atomic mass is 10.2. The molecule has 0 aromatic heterocycles. The fourth-order valence-electron chi connectivity index (χ4n) is 1.49. The van der Waals surface area contributed by atoms with Crippen LogP contribution in [0.5, 0.6) is 11.5 Å². The van der Waals surface area contributed by atoms with Crippen LogP contribution in [0.3, 0.4) is 0 Å². The number of nitrogens with two attached hydrogens (primary N) is 1. The molecule has 2 aromatic rings. The van der Waals surface area contributed by atoms with Crippen LogP contribution in [0, 0.1) is 5.82 Å². The van der Waals surface area contributed by atoms with Gasteiger partial charge in [0.2, 0.25) is 0 Å². The highest BCUT2D eigenvalue weighted by atomic mass is 35.5. The minimum atomic E-state index is -0.553. The van der Waals surface area contributed by atoms with E-state index in [9.17, 15) is 9.18 Å². The third-order valence-electron chi connectivity index (χ3n) is 2.38. The monoisotopic (exact) mass is 280 g/mol. The van der Waals surface area contributed by atoms with Crippen LogP contribution in [-0.2, 0) is 0 Å². The lowest BCUT2D eigenvalue weighted by molar-refractivity contribution is 0.0951. The molecule has 19 heavy (non-hydrogen) atoms. The van der Waals surface area contributed by atoms with Crippen LogP contribution in [0.2, 0.25) is 5.02 Å². The van der Waals surface area contributed by atoms with Crippen molar-refractivity contribution in [3.05, 3.63) is 58.9 Å². The number of hydrogen-bond donors (Lipinski definition) is 2. The van der Waals surface area contributed by atoms with Gasteiger partial charge in [0.15, 0.2) is 11.6 Å². The molecule has 3 N–H and O–H groups in total. The molecule has 1 amide bonds. The normalized spacial score (nSPS) is 10.1. The first-order valence-corrected chi connectivity index (χ1v) is 5.72. The molecule has 4 nitrogen and oxygen atoms in total. The van der Waals surface area contributed by atoms with E-state index in [2.05, 4.69) is 0 Å². The van der Waals surface area contributed by atoms with E-state index in [1.807, 2.05) is 5.43 Å². The first-order valence-electron chi connectivity index (χ1n) is 5.34. The van der Waals surface area contributed by atoms with Crippen LogP contribution in [0.25, 0.3) is 0 Å². The fourth-order valence-corrected chi connectivity index (χ4v) is 1.65. The van der Waals surface area contributed by atoms with E-state index in [0.29, 0.717) is 5.02 Å². The van der Waals surface area contributed by atoms with Crippen LogP contribution >= 0.6 is 11.6 Å². The summed E-state index contributed by atoms with van der Waals surface area (Å²) in [6, 6.07) is 10.2. The Kier molecular flexibility index (Phi) is 3.99. The summed E-state index contributed by atoms with van der Waals surface area (Å²) in [5, 5.41) is 0.361. The van der Waals surface area contributed by atoms with Crippen molar-refractivity contribution in [3.63, 3.8) is 0 Å². The van der Waals surface area contributed by atoms with Gasteiger partial charge in [-0.25, -0.2) is 10.2 Å². The Balaban J connectivity index is 2.41. The number of halogens is 2. The van der Waals surface area contributed by atoms with Crippen LogP contribution in [0.4, 0.5) is 4.39 Å². The van der Waals surface area contributed by atoms with Crippen molar-refractivity contribution in [2.75, 3.05) is 0 Å². The zero-order valence-electron chi connectivity index (χ0n) is 9.69. The number of ether oxygens (including phenoxy) is 1. The first-order chi connectivity index (χ1) is 9.11. The fraction of sp³-hybridized carbons (Fsp3) is 0. The van der Waals surface area contributed by atoms with Crippen LogP contribution in [-0.4, -0.2) is 5.91 Å². The third-order valence-corrected chi connectivity index (χ3v) is 2.61. The molecule has 2 aromatic carbocycles. The molecule has 0 aliphatic heterocycles. The summed E-state index contributed by atoms with van der Waals surface area (Å²) < 4.78 is 18.9. The molecule has 0 saturated heterocycles. The lowest BCUT2D eigenvalue weighted by Crippen LogP contribution is -2.30. The zero-order valence-corrected chi connectivity index (χ0v) is 10.4. The summed E-state index contributed by atoms with van der Waals surface area (Å²) >= 11 is 5.83. The third kappa shape index (κ3) is 3.01. The molecule has 0 aliphatic rings. The van der Waals surface area contributed by atoms with Gasteiger partial charge in [-0.15, -0.1) is 0 Å².